The standard InChI is InChI=1S/C20H23NO2/c1-13(2)23-21-19-20(5,16-9-6-14(3)7-10-16)17-11-8-15(4)12-18(17)22-19/h6-13H,1-5H3. The Kier molecular flexibility index (Phi) is 3.88. The van der Waals surface area contributed by atoms with Crippen LogP contribution in [0.1, 0.15) is 43.0 Å². The van der Waals surface area contributed by atoms with Crippen molar-refractivity contribution in [3.63, 3.8) is 0 Å². The molecule has 1 aliphatic rings. The van der Waals surface area contributed by atoms with Crippen LogP contribution in [0, 0.1) is 13.8 Å². The molecule has 0 bridgehead atoms. The van der Waals surface area contributed by atoms with Gasteiger partial charge in [0.05, 0.1) is 0 Å². The predicted molar refractivity (Wildman–Crippen MR) is 93.1 cm³/mol. The molecule has 2 aromatic rings. The molecule has 3 rings (SSSR count). The summed E-state index contributed by atoms with van der Waals surface area (Å²) in [4.78, 5) is 5.49. The van der Waals surface area contributed by atoms with Gasteiger partial charge < -0.3 is 9.57 Å². The van der Waals surface area contributed by atoms with Crippen LogP contribution < -0.4 is 4.74 Å². The number of nitrogens with zero attached hydrogens (tertiary/aromatic N) is 1. The molecule has 1 unspecified atom stereocenters. The van der Waals surface area contributed by atoms with Crippen molar-refractivity contribution in [3.05, 3.63) is 64.7 Å². The SMILES string of the molecule is Cc1ccc(C2(C)C(=NOC(C)C)Oc3cc(C)ccc32)cc1. The van der Waals surface area contributed by atoms with Crippen LogP contribution in [0.25, 0.3) is 0 Å². The monoisotopic (exact) mass is 309 g/mol. The van der Waals surface area contributed by atoms with Gasteiger partial charge in [-0.15, -0.1) is 0 Å². The molecule has 0 N–H and O–H groups in total. The number of hydrogen-bond donors (Lipinski definition) is 0. The summed E-state index contributed by atoms with van der Waals surface area (Å²) < 4.78 is 6.06. The Morgan fingerprint density at radius 2 is 1.65 bits per heavy atom. The molecule has 3 heteroatoms. The minimum atomic E-state index is -0.439. The summed E-state index contributed by atoms with van der Waals surface area (Å²) in [5, 5.41) is 4.31. The summed E-state index contributed by atoms with van der Waals surface area (Å²) in [6.07, 6.45) is 0.0128. The minimum Gasteiger partial charge on any atom is -0.438 e. The van der Waals surface area contributed by atoms with Gasteiger partial charge in [0.25, 0.3) is 0 Å². The number of ether oxygens (including phenoxy) is 1. The van der Waals surface area contributed by atoms with E-state index in [0.29, 0.717) is 5.90 Å². The average Bonchev–Trinajstić information content (AvgIpc) is 2.78. The molecular weight excluding hydrogens is 286 g/mol. The van der Waals surface area contributed by atoms with Crippen molar-refractivity contribution in [1.29, 1.82) is 0 Å². The smallest absolute Gasteiger partial charge is 0.246 e. The summed E-state index contributed by atoms with van der Waals surface area (Å²) >= 11 is 0. The maximum absolute atomic E-state index is 6.06. The van der Waals surface area contributed by atoms with Crippen molar-refractivity contribution in [2.75, 3.05) is 0 Å². The zero-order chi connectivity index (χ0) is 16.6. The van der Waals surface area contributed by atoms with E-state index in [1.54, 1.807) is 0 Å². The van der Waals surface area contributed by atoms with Gasteiger partial charge in [-0.2, -0.15) is 0 Å². The molecule has 0 aliphatic carbocycles. The molecule has 0 radical (unpaired) electrons. The molecule has 0 saturated heterocycles. The quantitative estimate of drug-likeness (QED) is 0.767. The highest BCUT2D eigenvalue weighted by atomic mass is 16.7. The van der Waals surface area contributed by atoms with Crippen LogP contribution in [0.5, 0.6) is 5.75 Å². The molecule has 3 nitrogen and oxygen atoms in total. The topological polar surface area (TPSA) is 30.8 Å². The third kappa shape index (κ3) is 2.72. The molecule has 1 aliphatic heterocycles. The van der Waals surface area contributed by atoms with E-state index in [-0.39, 0.29) is 6.10 Å². The fourth-order valence-corrected chi connectivity index (χ4v) is 2.88. The Bertz CT molecular complexity index is 747. The van der Waals surface area contributed by atoms with Gasteiger partial charge in [-0.25, -0.2) is 0 Å². The average molecular weight is 309 g/mol. The summed E-state index contributed by atoms with van der Waals surface area (Å²) in [5.74, 6) is 1.45. The van der Waals surface area contributed by atoms with E-state index < -0.39 is 5.41 Å². The van der Waals surface area contributed by atoms with E-state index in [9.17, 15) is 0 Å². The van der Waals surface area contributed by atoms with E-state index in [2.05, 4.69) is 68.4 Å². The molecule has 0 aromatic heterocycles. The lowest BCUT2D eigenvalue weighted by Gasteiger charge is -2.24. The molecule has 1 heterocycles. The Morgan fingerprint density at radius 1 is 1.00 bits per heavy atom. The number of rotatable bonds is 3. The normalized spacial score (nSPS) is 21.4. The third-order valence-corrected chi connectivity index (χ3v) is 4.29. The Balaban J connectivity index is 2.15. The largest absolute Gasteiger partial charge is 0.438 e. The second-order valence-corrected chi connectivity index (χ2v) is 6.64. The van der Waals surface area contributed by atoms with Gasteiger partial charge in [-0.05, 0) is 51.8 Å². The second kappa shape index (κ2) is 5.73. The van der Waals surface area contributed by atoms with Gasteiger partial charge in [-0.1, -0.05) is 47.1 Å². The van der Waals surface area contributed by atoms with Crippen molar-refractivity contribution in [2.24, 2.45) is 5.16 Å². The first-order valence-corrected chi connectivity index (χ1v) is 8.01. The molecule has 23 heavy (non-hydrogen) atoms. The molecule has 0 spiro atoms. The van der Waals surface area contributed by atoms with Gasteiger partial charge >= 0.3 is 0 Å². The van der Waals surface area contributed by atoms with Gasteiger partial charge in [0.1, 0.15) is 17.3 Å². The van der Waals surface area contributed by atoms with E-state index in [0.717, 1.165) is 16.9 Å². The van der Waals surface area contributed by atoms with Crippen molar-refractivity contribution < 1.29 is 9.57 Å². The van der Waals surface area contributed by atoms with Crippen LogP contribution in [0.15, 0.2) is 47.6 Å². The summed E-state index contributed by atoms with van der Waals surface area (Å²) in [7, 11) is 0. The van der Waals surface area contributed by atoms with Crippen LogP contribution in [-0.4, -0.2) is 12.0 Å². The first kappa shape index (κ1) is 15.6. The molecular formula is C20H23NO2. The highest BCUT2D eigenvalue weighted by Gasteiger charge is 2.45. The molecule has 0 fully saturated rings. The van der Waals surface area contributed by atoms with E-state index in [1.807, 2.05) is 13.8 Å². The summed E-state index contributed by atoms with van der Waals surface area (Å²) in [6.45, 7) is 10.2. The number of aryl methyl sites for hydroxylation is 2. The fourth-order valence-electron chi connectivity index (χ4n) is 2.88. The maximum atomic E-state index is 6.06. The Hall–Kier alpha value is -2.29. The van der Waals surface area contributed by atoms with Crippen LogP contribution in [0.3, 0.4) is 0 Å². The van der Waals surface area contributed by atoms with Crippen LogP contribution >= 0.6 is 0 Å². The van der Waals surface area contributed by atoms with Gasteiger partial charge in [-0.3, -0.25) is 0 Å². The first-order valence-electron chi connectivity index (χ1n) is 8.01. The first-order chi connectivity index (χ1) is 10.9. The lowest BCUT2D eigenvalue weighted by atomic mass is 9.77. The van der Waals surface area contributed by atoms with E-state index in [4.69, 9.17) is 9.57 Å². The number of fused-ring (bicyclic) bond motifs is 1. The maximum Gasteiger partial charge on any atom is 0.246 e. The number of oxime groups is 1. The van der Waals surface area contributed by atoms with Gasteiger partial charge in [0.2, 0.25) is 5.90 Å². The van der Waals surface area contributed by atoms with Crippen LogP contribution in [0.4, 0.5) is 0 Å². The number of hydrogen-bond acceptors (Lipinski definition) is 3. The zero-order valence-electron chi connectivity index (χ0n) is 14.4. The molecule has 120 valence electrons. The highest BCUT2D eigenvalue weighted by molar-refractivity contribution is 5.97. The molecule has 0 amide bonds. The molecule has 2 aromatic carbocycles. The van der Waals surface area contributed by atoms with Crippen LogP contribution in [-0.2, 0) is 10.3 Å². The lowest BCUT2D eigenvalue weighted by molar-refractivity contribution is 0.0807. The third-order valence-electron chi connectivity index (χ3n) is 4.29. The summed E-state index contributed by atoms with van der Waals surface area (Å²) in [5.41, 5.74) is 4.24. The second-order valence-electron chi connectivity index (χ2n) is 6.64. The summed E-state index contributed by atoms with van der Waals surface area (Å²) in [6, 6.07) is 14.8. The van der Waals surface area contributed by atoms with Crippen molar-refractivity contribution in [3.8, 4) is 5.75 Å². The fraction of sp³-hybridized carbons (Fsp3) is 0.350. The molecule has 0 saturated carbocycles. The van der Waals surface area contributed by atoms with Crippen molar-refractivity contribution in [1.82, 2.24) is 0 Å². The van der Waals surface area contributed by atoms with E-state index >= 15 is 0 Å². The minimum absolute atomic E-state index is 0.0128. The zero-order valence-corrected chi connectivity index (χ0v) is 14.4. The highest BCUT2D eigenvalue weighted by Crippen LogP contribution is 2.45. The lowest BCUT2D eigenvalue weighted by Crippen LogP contribution is -2.32. The Morgan fingerprint density at radius 3 is 2.30 bits per heavy atom. The van der Waals surface area contributed by atoms with Gasteiger partial charge in [0.15, 0.2) is 0 Å². The molecule has 1 atom stereocenters. The Labute approximate surface area is 137 Å². The van der Waals surface area contributed by atoms with E-state index in [1.165, 1.54) is 11.1 Å². The number of benzene rings is 2. The van der Waals surface area contributed by atoms with Crippen LogP contribution in [0.2, 0.25) is 0 Å². The van der Waals surface area contributed by atoms with Crippen molar-refractivity contribution >= 4 is 5.90 Å². The predicted octanol–water partition coefficient (Wildman–Crippen LogP) is 4.74. The van der Waals surface area contributed by atoms with Gasteiger partial charge in [0, 0.05) is 5.56 Å². The van der Waals surface area contributed by atoms with Crippen molar-refractivity contribution in [2.45, 2.75) is 46.1 Å².